The highest BCUT2D eigenvalue weighted by Crippen LogP contribution is 2.29. The zero-order valence-corrected chi connectivity index (χ0v) is 12.2. The van der Waals surface area contributed by atoms with Gasteiger partial charge in [-0.15, -0.1) is 0 Å². The van der Waals surface area contributed by atoms with Gasteiger partial charge >= 0.3 is 0 Å². The average Bonchev–Trinajstić information content (AvgIpc) is 2.81. The Labute approximate surface area is 113 Å². The average molecular weight is 253 g/mol. The van der Waals surface area contributed by atoms with E-state index in [0.717, 1.165) is 12.8 Å². The highest BCUT2D eigenvalue weighted by Gasteiger charge is 2.35. The molecule has 2 atom stereocenters. The molecule has 2 rings (SSSR count). The molecule has 2 fully saturated rings. The summed E-state index contributed by atoms with van der Waals surface area (Å²) in [5.74, 6) is 0. The van der Waals surface area contributed by atoms with Gasteiger partial charge in [-0.05, 0) is 19.3 Å². The Morgan fingerprint density at radius 1 is 1.00 bits per heavy atom. The van der Waals surface area contributed by atoms with E-state index in [1.54, 1.807) is 0 Å². The van der Waals surface area contributed by atoms with Gasteiger partial charge < -0.3 is 4.74 Å². The lowest BCUT2D eigenvalue weighted by molar-refractivity contribution is 0.0828. The fourth-order valence-electron chi connectivity index (χ4n) is 3.48. The molecule has 2 aliphatic rings. The van der Waals surface area contributed by atoms with Crippen molar-refractivity contribution in [2.24, 2.45) is 0 Å². The molecule has 2 unspecified atom stereocenters. The lowest BCUT2D eigenvalue weighted by Crippen LogP contribution is -2.38. The fraction of sp³-hybridized carbons (Fsp3) is 1.00. The molecule has 0 aliphatic carbocycles. The van der Waals surface area contributed by atoms with Crippen LogP contribution >= 0.6 is 0 Å². The number of fused-ring (bicyclic) bond motifs is 1. The van der Waals surface area contributed by atoms with Crippen molar-refractivity contribution in [1.82, 2.24) is 4.90 Å². The molecule has 2 heterocycles. The number of nitrogens with zero attached hydrogens (tertiary/aromatic N) is 1. The molecule has 0 radical (unpaired) electrons. The zero-order chi connectivity index (χ0) is 12.6. The van der Waals surface area contributed by atoms with E-state index in [9.17, 15) is 0 Å². The second-order valence-corrected chi connectivity index (χ2v) is 6.12. The van der Waals surface area contributed by atoms with E-state index in [2.05, 4.69) is 11.8 Å². The molecule has 106 valence electrons. The van der Waals surface area contributed by atoms with Crippen molar-refractivity contribution in [2.45, 2.75) is 89.7 Å². The first-order chi connectivity index (χ1) is 8.92. The summed E-state index contributed by atoms with van der Waals surface area (Å²) < 4.78 is 5.97. The first-order valence-corrected chi connectivity index (χ1v) is 8.27. The third kappa shape index (κ3) is 4.24. The van der Waals surface area contributed by atoms with E-state index in [1.807, 2.05) is 0 Å². The van der Waals surface area contributed by atoms with Crippen LogP contribution in [0.3, 0.4) is 0 Å². The number of hydrogen-bond donors (Lipinski definition) is 0. The molecule has 0 N–H and O–H groups in total. The summed E-state index contributed by atoms with van der Waals surface area (Å²) >= 11 is 0. The quantitative estimate of drug-likeness (QED) is 0.597. The second kappa shape index (κ2) is 8.16. The number of unbranched alkanes of at least 4 members (excludes halogenated alkanes) is 6. The monoisotopic (exact) mass is 253 g/mol. The van der Waals surface area contributed by atoms with Crippen LogP contribution in [-0.2, 0) is 4.74 Å². The third-order valence-electron chi connectivity index (χ3n) is 4.64. The minimum absolute atomic E-state index is 0.556. The van der Waals surface area contributed by atoms with Gasteiger partial charge in [0.15, 0.2) is 0 Å². The maximum absolute atomic E-state index is 5.97. The molecular formula is C16H31NO. The molecule has 2 saturated heterocycles. The van der Waals surface area contributed by atoms with E-state index in [1.165, 1.54) is 77.2 Å². The van der Waals surface area contributed by atoms with Gasteiger partial charge in [0.2, 0.25) is 0 Å². The van der Waals surface area contributed by atoms with Gasteiger partial charge in [-0.1, -0.05) is 58.3 Å². The minimum atomic E-state index is 0.556. The molecule has 0 aromatic carbocycles. The molecule has 2 aliphatic heterocycles. The molecule has 0 bridgehead atoms. The highest BCUT2D eigenvalue weighted by atomic mass is 16.5. The number of piperidine rings is 1. The van der Waals surface area contributed by atoms with Crippen LogP contribution in [0.1, 0.15) is 77.6 Å². The Balaban J connectivity index is 1.51. The van der Waals surface area contributed by atoms with Gasteiger partial charge in [0.05, 0.1) is 12.8 Å². The predicted octanol–water partition coefficient (Wildman–Crippen LogP) is 4.34. The summed E-state index contributed by atoms with van der Waals surface area (Å²) in [5, 5.41) is 0. The van der Waals surface area contributed by atoms with Crippen molar-refractivity contribution in [2.75, 3.05) is 13.3 Å². The van der Waals surface area contributed by atoms with Crippen molar-refractivity contribution >= 4 is 0 Å². The standard InChI is InChI=1S/C16H31NO/c1-2-3-4-5-6-7-8-12-16-15-11-9-10-13-17(15)14-18-16/h15-16H,2-14H2,1H3. The maximum Gasteiger partial charge on any atom is 0.0998 e. The summed E-state index contributed by atoms with van der Waals surface area (Å²) in [4.78, 5) is 2.56. The Morgan fingerprint density at radius 3 is 2.61 bits per heavy atom. The summed E-state index contributed by atoms with van der Waals surface area (Å²) in [6.07, 6.45) is 15.9. The summed E-state index contributed by atoms with van der Waals surface area (Å²) in [5.41, 5.74) is 0. The second-order valence-electron chi connectivity index (χ2n) is 6.12. The van der Waals surface area contributed by atoms with E-state index in [4.69, 9.17) is 4.74 Å². The minimum Gasteiger partial charge on any atom is -0.361 e. The summed E-state index contributed by atoms with van der Waals surface area (Å²) in [6, 6.07) is 0.763. The molecule has 0 aromatic rings. The first-order valence-electron chi connectivity index (χ1n) is 8.27. The van der Waals surface area contributed by atoms with Gasteiger partial charge in [-0.2, -0.15) is 0 Å². The van der Waals surface area contributed by atoms with Crippen LogP contribution < -0.4 is 0 Å². The largest absolute Gasteiger partial charge is 0.361 e. The molecule has 0 saturated carbocycles. The van der Waals surface area contributed by atoms with E-state index < -0.39 is 0 Å². The molecule has 0 aromatic heterocycles. The molecule has 2 heteroatoms. The lowest BCUT2D eigenvalue weighted by atomic mass is 9.95. The first kappa shape index (κ1) is 14.3. The van der Waals surface area contributed by atoms with Crippen molar-refractivity contribution in [3.8, 4) is 0 Å². The fourth-order valence-corrected chi connectivity index (χ4v) is 3.48. The molecule has 2 nitrogen and oxygen atoms in total. The van der Waals surface area contributed by atoms with Crippen LogP contribution in [0.2, 0.25) is 0 Å². The Bertz CT molecular complexity index is 219. The number of ether oxygens (including phenoxy) is 1. The van der Waals surface area contributed by atoms with Crippen LogP contribution in [0.25, 0.3) is 0 Å². The van der Waals surface area contributed by atoms with Crippen molar-refractivity contribution in [3.63, 3.8) is 0 Å². The normalized spacial score (nSPS) is 28.5. The Morgan fingerprint density at radius 2 is 1.78 bits per heavy atom. The van der Waals surface area contributed by atoms with Crippen LogP contribution in [0.15, 0.2) is 0 Å². The van der Waals surface area contributed by atoms with Gasteiger partial charge in [0.1, 0.15) is 0 Å². The number of rotatable bonds is 8. The van der Waals surface area contributed by atoms with Gasteiger partial charge in [-0.3, -0.25) is 4.90 Å². The topological polar surface area (TPSA) is 12.5 Å². The zero-order valence-electron chi connectivity index (χ0n) is 12.2. The van der Waals surface area contributed by atoms with Gasteiger partial charge in [-0.25, -0.2) is 0 Å². The lowest BCUT2D eigenvalue weighted by Gasteiger charge is -2.30. The van der Waals surface area contributed by atoms with Gasteiger partial charge in [0.25, 0.3) is 0 Å². The van der Waals surface area contributed by atoms with Crippen molar-refractivity contribution in [3.05, 3.63) is 0 Å². The maximum atomic E-state index is 5.97. The highest BCUT2D eigenvalue weighted by molar-refractivity contribution is 4.86. The molecule has 18 heavy (non-hydrogen) atoms. The summed E-state index contributed by atoms with van der Waals surface area (Å²) in [6.45, 7) is 4.47. The number of hydrogen-bond acceptors (Lipinski definition) is 2. The Kier molecular flexibility index (Phi) is 6.50. The van der Waals surface area contributed by atoms with Crippen LogP contribution in [-0.4, -0.2) is 30.3 Å². The van der Waals surface area contributed by atoms with Crippen LogP contribution in [0.5, 0.6) is 0 Å². The van der Waals surface area contributed by atoms with Crippen molar-refractivity contribution < 1.29 is 4.74 Å². The third-order valence-corrected chi connectivity index (χ3v) is 4.64. The van der Waals surface area contributed by atoms with Crippen LogP contribution in [0.4, 0.5) is 0 Å². The molecular weight excluding hydrogens is 222 g/mol. The Hall–Kier alpha value is -0.0800. The molecule has 0 spiro atoms. The SMILES string of the molecule is CCCCCCCCCC1OCN2CCCCC12. The van der Waals surface area contributed by atoms with E-state index >= 15 is 0 Å². The van der Waals surface area contributed by atoms with Gasteiger partial charge in [0, 0.05) is 12.6 Å². The van der Waals surface area contributed by atoms with E-state index in [-0.39, 0.29) is 0 Å². The van der Waals surface area contributed by atoms with Crippen molar-refractivity contribution in [1.29, 1.82) is 0 Å². The predicted molar refractivity (Wildman–Crippen MR) is 76.7 cm³/mol. The van der Waals surface area contributed by atoms with Crippen LogP contribution in [0, 0.1) is 0 Å². The smallest absolute Gasteiger partial charge is 0.0998 e. The molecule has 0 amide bonds. The summed E-state index contributed by atoms with van der Waals surface area (Å²) in [7, 11) is 0. The van der Waals surface area contributed by atoms with E-state index in [0.29, 0.717) is 6.10 Å².